The number of aromatic nitrogens is 2. The number of fused-ring (bicyclic) bond motifs is 1. The zero-order valence-corrected chi connectivity index (χ0v) is 23.4. The van der Waals surface area contributed by atoms with E-state index < -0.39 is 6.17 Å². The maximum atomic E-state index is 13.5. The lowest BCUT2D eigenvalue weighted by molar-refractivity contribution is 0.102. The molecule has 0 fully saturated rings. The molecule has 0 spiro atoms. The number of amides is 1. The molecule has 2 aromatic heterocycles. The number of carbonyl (C=O) groups is 1. The highest BCUT2D eigenvalue weighted by molar-refractivity contribution is 6.04. The minimum absolute atomic E-state index is 0.280. The van der Waals surface area contributed by atoms with E-state index in [4.69, 9.17) is 5.41 Å². The molecule has 4 rings (SSSR count). The van der Waals surface area contributed by atoms with Crippen molar-refractivity contribution in [1.82, 2.24) is 19.8 Å². The highest BCUT2D eigenvalue weighted by atomic mass is 19.1. The molecule has 0 radical (unpaired) electrons. The molecule has 7 nitrogen and oxygen atoms in total. The largest absolute Gasteiger partial charge is 0.334 e. The number of benzene rings is 1. The second-order valence-electron chi connectivity index (χ2n) is 9.28. The normalized spacial score (nSPS) is 13.4. The van der Waals surface area contributed by atoms with Crippen LogP contribution >= 0.6 is 0 Å². The summed E-state index contributed by atoms with van der Waals surface area (Å²) in [5.74, 6) is -0.0128. The van der Waals surface area contributed by atoms with Gasteiger partial charge in [0, 0.05) is 67.5 Å². The van der Waals surface area contributed by atoms with Crippen LogP contribution in [0.3, 0.4) is 0 Å². The van der Waals surface area contributed by atoms with E-state index in [2.05, 4.69) is 32.8 Å². The van der Waals surface area contributed by atoms with Gasteiger partial charge in [0.05, 0.1) is 0 Å². The first kappa shape index (κ1) is 29.6. The first-order valence-corrected chi connectivity index (χ1v) is 13.6. The number of carbonyl (C=O) groups excluding carboxylic acids is 1. The van der Waals surface area contributed by atoms with Crippen molar-refractivity contribution in [3.05, 3.63) is 90.2 Å². The molecule has 1 aromatic carbocycles. The average molecular weight is 531 g/mol. The fourth-order valence-electron chi connectivity index (χ4n) is 4.53. The van der Waals surface area contributed by atoms with Gasteiger partial charge >= 0.3 is 0 Å². The topological polar surface area (TPSA) is 85.2 Å². The van der Waals surface area contributed by atoms with Gasteiger partial charge in [0.25, 0.3) is 5.91 Å². The number of hydrogen-bond acceptors (Lipinski definition) is 5. The Balaban J connectivity index is 0.00000205. The summed E-state index contributed by atoms with van der Waals surface area (Å²) in [6, 6.07) is 12.9. The maximum absolute atomic E-state index is 13.5. The van der Waals surface area contributed by atoms with Gasteiger partial charge in [-0.05, 0) is 61.0 Å². The Morgan fingerprint density at radius 3 is 2.74 bits per heavy atom. The lowest BCUT2D eigenvalue weighted by Gasteiger charge is -2.28. The Morgan fingerprint density at radius 2 is 2.03 bits per heavy atom. The van der Waals surface area contributed by atoms with Crippen LogP contribution in [-0.2, 0) is 13.0 Å². The molecule has 3 aromatic rings. The second kappa shape index (κ2) is 14.3. The minimum Gasteiger partial charge on any atom is -0.334 e. The molecule has 0 saturated heterocycles. The summed E-state index contributed by atoms with van der Waals surface area (Å²) >= 11 is 0. The molecule has 2 N–H and O–H groups in total. The Labute approximate surface area is 231 Å². The van der Waals surface area contributed by atoms with Crippen LogP contribution in [0, 0.1) is 5.41 Å². The molecule has 0 saturated carbocycles. The van der Waals surface area contributed by atoms with Crippen LogP contribution in [0.2, 0.25) is 0 Å². The van der Waals surface area contributed by atoms with E-state index in [-0.39, 0.29) is 11.6 Å². The lowest BCUT2D eigenvalue weighted by Crippen LogP contribution is -2.34. The fraction of sp³-hybridized carbons (Fsp3) is 0.355. The maximum Gasteiger partial charge on any atom is 0.274 e. The van der Waals surface area contributed by atoms with Crippen LogP contribution in [0.15, 0.2) is 67.6 Å². The zero-order valence-electron chi connectivity index (χ0n) is 23.4. The smallest absolute Gasteiger partial charge is 0.274 e. The third kappa shape index (κ3) is 7.80. The van der Waals surface area contributed by atoms with Crippen molar-refractivity contribution in [3.8, 4) is 11.1 Å². The van der Waals surface area contributed by atoms with Crippen molar-refractivity contribution in [2.75, 3.05) is 25.0 Å². The van der Waals surface area contributed by atoms with E-state index in [0.717, 1.165) is 41.8 Å². The summed E-state index contributed by atoms with van der Waals surface area (Å²) in [5, 5.41) is 11.4. The van der Waals surface area contributed by atoms with E-state index in [1.54, 1.807) is 42.4 Å². The molecule has 206 valence electrons. The van der Waals surface area contributed by atoms with E-state index in [9.17, 15) is 9.18 Å². The van der Waals surface area contributed by atoms with Gasteiger partial charge in [-0.15, -0.1) is 0 Å². The Kier molecular flexibility index (Phi) is 10.9. The van der Waals surface area contributed by atoms with E-state index >= 15 is 0 Å². The van der Waals surface area contributed by atoms with Crippen LogP contribution in [-0.4, -0.2) is 57.3 Å². The van der Waals surface area contributed by atoms with Gasteiger partial charge in [-0.2, -0.15) is 0 Å². The Hall–Kier alpha value is -3.91. The van der Waals surface area contributed by atoms with Gasteiger partial charge in [0.1, 0.15) is 17.7 Å². The fourth-order valence-corrected chi connectivity index (χ4v) is 4.53. The summed E-state index contributed by atoms with van der Waals surface area (Å²) < 4.78 is 13.5. The number of nitrogens with zero attached hydrogens (tertiary/aromatic N) is 4. The predicted octanol–water partition coefficient (Wildman–Crippen LogP) is 6.32. The zero-order chi connectivity index (χ0) is 28.4. The number of nitrogens with one attached hydrogen (secondary N) is 2. The van der Waals surface area contributed by atoms with Gasteiger partial charge in [0.2, 0.25) is 0 Å². The Morgan fingerprint density at radius 1 is 1.23 bits per heavy atom. The van der Waals surface area contributed by atoms with E-state index in [1.807, 2.05) is 45.2 Å². The molecule has 1 atom stereocenters. The van der Waals surface area contributed by atoms with Gasteiger partial charge in [0.15, 0.2) is 0 Å². The molecule has 1 unspecified atom stereocenters. The monoisotopic (exact) mass is 530 g/mol. The minimum atomic E-state index is -0.873. The molecule has 0 bridgehead atoms. The number of pyridine rings is 2. The summed E-state index contributed by atoms with van der Waals surface area (Å²) in [6.45, 7) is 14.0. The summed E-state index contributed by atoms with van der Waals surface area (Å²) in [7, 11) is 0. The van der Waals surface area contributed by atoms with Crippen molar-refractivity contribution in [2.24, 2.45) is 0 Å². The first-order chi connectivity index (χ1) is 18.9. The van der Waals surface area contributed by atoms with Crippen molar-refractivity contribution in [1.29, 1.82) is 5.41 Å². The van der Waals surface area contributed by atoms with Crippen molar-refractivity contribution >= 4 is 17.4 Å². The van der Waals surface area contributed by atoms with E-state index in [0.29, 0.717) is 36.7 Å². The lowest BCUT2D eigenvalue weighted by atomic mass is 10.00. The molecular weight excluding hydrogens is 491 g/mol. The number of anilines is 1. The number of rotatable bonds is 9. The molecule has 0 aliphatic carbocycles. The van der Waals surface area contributed by atoms with Crippen LogP contribution in [0.5, 0.6) is 0 Å². The highest BCUT2D eigenvalue weighted by Crippen LogP contribution is 2.25. The van der Waals surface area contributed by atoms with Crippen molar-refractivity contribution < 1.29 is 9.18 Å². The quantitative estimate of drug-likeness (QED) is 0.250. The van der Waals surface area contributed by atoms with Gasteiger partial charge in [-0.3, -0.25) is 25.1 Å². The average Bonchev–Trinajstić information content (AvgIpc) is 2.96. The number of alkyl halides is 1. The third-order valence-corrected chi connectivity index (χ3v) is 6.32. The molecule has 1 aliphatic heterocycles. The van der Waals surface area contributed by atoms with Gasteiger partial charge in [-0.1, -0.05) is 39.5 Å². The summed E-state index contributed by atoms with van der Waals surface area (Å²) in [4.78, 5) is 25.8. The molecule has 1 aliphatic rings. The standard InChI is InChI=1S/C29H33FN6O.C2H6/c1-4-12-36(5-2)28(31)22-7-6-8-25(15-22)34-29(37)27-16-21(9-11-32-27)23-14-24-19-35(18-20(3)30)13-10-26(24)33-17-23;1-2/h5-9,11,14-17,20,31H,2,4,10,12-13,18-19H2,1,3H3,(H,34,37);1-2H3. The number of amidine groups is 1. The number of halogens is 1. The Bertz CT molecular complexity index is 1290. The summed E-state index contributed by atoms with van der Waals surface area (Å²) in [6.07, 6.45) is 5.89. The van der Waals surface area contributed by atoms with E-state index in [1.165, 1.54) is 0 Å². The van der Waals surface area contributed by atoms with Crippen LogP contribution < -0.4 is 5.32 Å². The van der Waals surface area contributed by atoms with Crippen molar-refractivity contribution in [3.63, 3.8) is 0 Å². The van der Waals surface area contributed by atoms with Crippen LogP contribution in [0.1, 0.15) is 61.4 Å². The SMILES string of the molecule is C=CN(CCC)C(=N)c1cccc(NC(=O)c2cc(-c3cnc4c(c3)CN(CC(C)F)CC4)ccn2)c1.CC. The molecule has 39 heavy (non-hydrogen) atoms. The number of hydrogen-bond donors (Lipinski definition) is 2. The van der Waals surface area contributed by atoms with Gasteiger partial charge < -0.3 is 10.2 Å². The van der Waals surface area contributed by atoms with Crippen LogP contribution in [0.25, 0.3) is 11.1 Å². The summed E-state index contributed by atoms with van der Waals surface area (Å²) in [5.41, 5.74) is 5.40. The molecule has 8 heteroatoms. The predicted molar refractivity (Wildman–Crippen MR) is 157 cm³/mol. The molecule has 3 heterocycles. The van der Waals surface area contributed by atoms with Crippen molar-refractivity contribution in [2.45, 2.75) is 53.3 Å². The first-order valence-electron chi connectivity index (χ1n) is 13.6. The van der Waals surface area contributed by atoms with Crippen LogP contribution in [0.4, 0.5) is 10.1 Å². The molecule has 1 amide bonds. The second-order valence-corrected chi connectivity index (χ2v) is 9.28. The van der Waals surface area contributed by atoms with Gasteiger partial charge in [-0.25, -0.2) is 4.39 Å². The molecular formula is C31H39FN6O. The third-order valence-electron chi connectivity index (χ3n) is 6.32. The highest BCUT2D eigenvalue weighted by Gasteiger charge is 2.20.